The highest BCUT2D eigenvalue weighted by atomic mass is 35.5. The number of aromatic amines is 1. The van der Waals surface area contributed by atoms with Crippen LogP contribution < -0.4 is 10.9 Å². The second-order valence-electron chi connectivity index (χ2n) is 6.17. The number of H-pyrrole nitrogens is 1. The zero-order valence-electron chi connectivity index (χ0n) is 14.7. The fourth-order valence-corrected chi connectivity index (χ4v) is 3.07. The minimum absolute atomic E-state index is 0.197. The summed E-state index contributed by atoms with van der Waals surface area (Å²) in [5.41, 5.74) is 2.58. The van der Waals surface area contributed by atoms with Crippen LogP contribution in [0.4, 0.5) is 0 Å². The number of nitrogens with zero attached hydrogens (tertiary/aromatic N) is 3. The summed E-state index contributed by atoms with van der Waals surface area (Å²) in [6, 6.07) is 17.8. The SMILES string of the molecule is O=C(Cn1nc(-c2ccccc2Cl)ccc1=O)NCc1nc2ccccc2[nH]1. The first-order chi connectivity index (χ1) is 13.6. The number of rotatable bonds is 5. The minimum Gasteiger partial charge on any atom is -0.347 e. The number of hydrogen-bond donors (Lipinski definition) is 2. The molecule has 28 heavy (non-hydrogen) atoms. The molecular formula is C20H16ClN5O2. The number of imidazole rings is 1. The predicted molar refractivity (Wildman–Crippen MR) is 107 cm³/mol. The molecule has 2 aromatic carbocycles. The summed E-state index contributed by atoms with van der Waals surface area (Å²) in [6.45, 7) is 0.0316. The largest absolute Gasteiger partial charge is 0.347 e. The van der Waals surface area contributed by atoms with Gasteiger partial charge in [0.05, 0.1) is 28.3 Å². The van der Waals surface area contributed by atoms with Crippen LogP contribution in [-0.2, 0) is 17.9 Å². The Morgan fingerprint density at radius 2 is 1.86 bits per heavy atom. The topological polar surface area (TPSA) is 92.7 Å². The zero-order valence-corrected chi connectivity index (χ0v) is 15.5. The summed E-state index contributed by atoms with van der Waals surface area (Å²) in [6.07, 6.45) is 0. The third-order valence-electron chi connectivity index (χ3n) is 4.20. The molecule has 0 saturated carbocycles. The van der Waals surface area contributed by atoms with Gasteiger partial charge in [-0.3, -0.25) is 9.59 Å². The van der Waals surface area contributed by atoms with Gasteiger partial charge in [-0.25, -0.2) is 9.67 Å². The van der Waals surface area contributed by atoms with Crippen molar-refractivity contribution in [1.82, 2.24) is 25.1 Å². The van der Waals surface area contributed by atoms with Gasteiger partial charge in [0.2, 0.25) is 5.91 Å². The van der Waals surface area contributed by atoms with Crippen LogP contribution in [0.5, 0.6) is 0 Å². The molecule has 0 spiro atoms. The number of hydrogen-bond acceptors (Lipinski definition) is 4. The lowest BCUT2D eigenvalue weighted by atomic mass is 10.1. The van der Waals surface area contributed by atoms with E-state index in [4.69, 9.17) is 11.6 Å². The molecule has 2 heterocycles. The molecule has 2 N–H and O–H groups in total. The van der Waals surface area contributed by atoms with Crippen LogP contribution in [0.1, 0.15) is 5.82 Å². The summed E-state index contributed by atoms with van der Waals surface area (Å²) >= 11 is 6.19. The molecule has 0 bridgehead atoms. The second-order valence-corrected chi connectivity index (χ2v) is 6.58. The molecule has 0 aliphatic rings. The number of amides is 1. The van der Waals surface area contributed by atoms with Gasteiger partial charge in [-0.15, -0.1) is 0 Å². The van der Waals surface area contributed by atoms with Gasteiger partial charge in [-0.2, -0.15) is 5.10 Å². The Balaban J connectivity index is 1.47. The summed E-state index contributed by atoms with van der Waals surface area (Å²) in [5.74, 6) is 0.297. The van der Waals surface area contributed by atoms with Crippen molar-refractivity contribution in [3.8, 4) is 11.3 Å². The fourth-order valence-electron chi connectivity index (χ4n) is 2.84. The lowest BCUT2D eigenvalue weighted by Gasteiger charge is -2.08. The molecular weight excluding hydrogens is 378 g/mol. The lowest BCUT2D eigenvalue weighted by Crippen LogP contribution is -2.33. The van der Waals surface area contributed by atoms with Gasteiger partial charge in [0.1, 0.15) is 12.4 Å². The Kier molecular flexibility index (Phi) is 4.90. The fraction of sp³-hybridized carbons (Fsp3) is 0.100. The number of carbonyl (C=O) groups is 1. The van der Waals surface area contributed by atoms with Gasteiger partial charge >= 0.3 is 0 Å². The number of benzene rings is 2. The number of carbonyl (C=O) groups excluding carboxylic acids is 1. The standard InChI is InChI=1S/C20H16ClN5O2/c21-14-6-2-1-5-13(14)15-9-10-20(28)26(25-15)12-19(27)22-11-18-23-16-7-3-4-8-17(16)24-18/h1-10H,11-12H2,(H,22,27)(H,23,24). The molecule has 0 unspecified atom stereocenters. The van der Waals surface area contributed by atoms with E-state index in [1.807, 2.05) is 36.4 Å². The van der Waals surface area contributed by atoms with Gasteiger partial charge in [-0.1, -0.05) is 41.9 Å². The molecule has 0 fully saturated rings. The van der Waals surface area contributed by atoms with Gasteiger partial charge in [0.25, 0.3) is 5.56 Å². The zero-order chi connectivity index (χ0) is 19.5. The Morgan fingerprint density at radius 1 is 1.07 bits per heavy atom. The average Bonchev–Trinajstić information content (AvgIpc) is 3.12. The molecule has 1 amide bonds. The molecule has 140 valence electrons. The lowest BCUT2D eigenvalue weighted by molar-refractivity contribution is -0.122. The van der Waals surface area contributed by atoms with Crippen molar-refractivity contribution >= 4 is 28.5 Å². The van der Waals surface area contributed by atoms with E-state index < -0.39 is 0 Å². The summed E-state index contributed by atoms with van der Waals surface area (Å²) < 4.78 is 1.12. The highest BCUT2D eigenvalue weighted by Crippen LogP contribution is 2.24. The van der Waals surface area contributed by atoms with E-state index in [0.717, 1.165) is 15.7 Å². The first-order valence-electron chi connectivity index (χ1n) is 8.63. The minimum atomic E-state index is -0.366. The monoisotopic (exact) mass is 393 g/mol. The van der Waals surface area contributed by atoms with Crippen molar-refractivity contribution in [2.75, 3.05) is 0 Å². The van der Waals surface area contributed by atoms with Crippen molar-refractivity contribution < 1.29 is 4.79 Å². The molecule has 0 radical (unpaired) electrons. The Hall–Kier alpha value is -3.45. The van der Waals surface area contributed by atoms with Crippen LogP contribution >= 0.6 is 11.6 Å². The molecule has 4 aromatic rings. The highest BCUT2D eigenvalue weighted by Gasteiger charge is 2.10. The maximum absolute atomic E-state index is 12.3. The van der Waals surface area contributed by atoms with Crippen LogP contribution in [0.15, 0.2) is 65.5 Å². The number of aromatic nitrogens is 4. The highest BCUT2D eigenvalue weighted by molar-refractivity contribution is 6.33. The van der Waals surface area contributed by atoms with Crippen LogP contribution in [0.25, 0.3) is 22.3 Å². The van der Waals surface area contributed by atoms with Crippen molar-refractivity contribution in [2.24, 2.45) is 0 Å². The first kappa shape index (κ1) is 17.9. The Bertz CT molecular complexity index is 1180. The molecule has 2 aromatic heterocycles. The van der Waals surface area contributed by atoms with E-state index in [0.29, 0.717) is 22.1 Å². The summed E-state index contributed by atoms with van der Waals surface area (Å²) in [4.78, 5) is 31.9. The molecule has 0 atom stereocenters. The molecule has 0 aliphatic heterocycles. The predicted octanol–water partition coefficient (Wildman–Crippen LogP) is 2.76. The molecule has 0 aliphatic carbocycles. The second kappa shape index (κ2) is 7.66. The van der Waals surface area contributed by atoms with Crippen LogP contribution in [-0.4, -0.2) is 25.7 Å². The first-order valence-corrected chi connectivity index (χ1v) is 9.01. The van der Waals surface area contributed by atoms with Gasteiger partial charge in [-0.05, 0) is 24.3 Å². The Labute approximate surface area is 165 Å². The number of fused-ring (bicyclic) bond motifs is 1. The van der Waals surface area contributed by atoms with Crippen LogP contribution in [0, 0.1) is 0 Å². The van der Waals surface area contributed by atoms with Gasteiger partial charge in [0.15, 0.2) is 0 Å². The normalized spacial score (nSPS) is 10.9. The van der Waals surface area contributed by atoms with E-state index in [2.05, 4.69) is 20.4 Å². The molecule has 8 heteroatoms. The third-order valence-corrected chi connectivity index (χ3v) is 4.53. The van der Waals surface area contributed by atoms with E-state index in [9.17, 15) is 9.59 Å². The van der Waals surface area contributed by atoms with E-state index in [-0.39, 0.29) is 24.6 Å². The van der Waals surface area contributed by atoms with Gasteiger partial charge < -0.3 is 10.3 Å². The van der Waals surface area contributed by atoms with E-state index >= 15 is 0 Å². The molecule has 0 saturated heterocycles. The van der Waals surface area contributed by atoms with Crippen molar-refractivity contribution in [2.45, 2.75) is 13.1 Å². The number of para-hydroxylation sites is 2. The van der Waals surface area contributed by atoms with Crippen molar-refractivity contribution in [3.63, 3.8) is 0 Å². The maximum atomic E-state index is 12.3. The van der Waals surface area contributed by atoms with Gasteiger partial charge in [0, 0.05) is 11.6 Å². The van der Waals surface area contributed by atoms with E-state index in [1.54, 1.807) is 18.2 Å². The quantitative estimate of drug-likeness (QED) is 0.545. The van der Waals surface area contributed by atoms with E-state index in [1.165, 1.54) is 6.07 Å². The number of nitrogens with one attached hydrogen (secondary N) is 2. The molecule has 7 nitrogen and oxygen atoms in total. The maximum Gasteiger partial charge on any atom is 0.267 e. The number of halogens is 1. The average molecular weight is 394 g/mol. The Morgan fingerprint density at radius 3 is 2.68 bits per heavy atom. The van der Waals surface area contributed by atoms with Crippen LogP contribution in [0.2, 0.25) is 5.02 Å². The third kappa shape index (κ3) is 3.79. The van der Waals surface area contributed by atoms with Crippen molar-refractivity contribution in [3.05, 3.63) is 81.9 Å². The summed E-state index contributed by atoms with van der Waals surface area (Å²) in [7, 11) is 0. The van der Waals surface area contributed by atoms with Crippen molar-refractivity contribution in [1.29, 1.82) is 0 Å². The summed E-state index contributed by atoms with van der Waals surface area (Å²) in [5, 5.41) is 7.54. The smallest absolute Gasteiger partial charge is 0.267 e. The van der Waals surface area contributed by atoms with Crippen LogP contribution in [0.3, 0.4) is 0 Å². The molecule has 4 rings (SSSR count).